The molecule has 1 spiro atoms. The third kappa shape index (κ3) is 2.95. The van der Waals surface area contributed by atoms with Gasteiger partial charge in [0.25, 0.3) is 0 Å². The molecule has 2 fully saturated rings. The quantitative estimate of drug-likeness (QED) is 0.752. The highest BCUT2D eigenvalue weighted by atomic mass is 32.2. The number of aliphatic hydroxyl groups excluding tert-OH is 1. The van der Waals surface area contributed by atoms with Gasteiger partial charge in [-0.1, -0.05) is 12.5 Å². The lowest BCUT2D eigenvalue weighted by Crippen LogP contribution is -2.38. The molecule has 0 radical (unpaired) electrons. The first-order valence-corrected chi connectivity index (χ1v) is 7.71. The number of hydrogen-bond acceptors (Lipinski definition) is 3. The van der Waals surface area contributed by atoms with Gasteiger partial charge < -0.3 is 5.11 Å². The molecule has 2 aliphatic rings. The first kappa shape index (κ1) is 11.9. The molecule has 0 aromatic heterocycles. The summed E-state index contributed by atoms with van der Waals surface area (Å²) < 4.78 is 0.337. The zero-order valence-corrected chi connectivity index (χ0v) is 10.8. The van der Waals surface area contributed by atoms with Crippen molar-refractivity contribution < 1.29 is 5.11 Å². The fourth-order valence-corrected chi connectivity index (χ4v) is 6.52. The molecule has 2 aliphatic heterocycles. The highest BCUT2D eigenvalue weighted by Gasteiger charge is 2.41. The third-order valence-electron chi connectivity index (χ3n) is 3.21. The summed E-state index contributed by atoms with van der Waals surface area (Å²) in [7, 11) is 0. The maximum atomic E-state index is 9.96. The van der Waals surface area contributed by atoms with Crippen LogP contribution in [-0.4, -0.2) is 26.3 Å². The molecule has 0 aliphatic carbocycles. The molecule has 0 unspecified atom stereocenters. The average molecular weight is 244 g/mol. The Balaban J connectivity index is 2.01. The van der Waals surface area contributed by atoms with Gasteiger partial charge in [0, 0.05) is 5.25 Å². The van der Waals surface area contributed by atoms with Gasteiger partial charge >= 0.3 is 0 Å². The summed E-state index contributed by atoms with van der Waals surface area (Å²) in [5.74, 6) is 1.28. The molecular weight excluding hydrogens is 224 g/mol. The molecule has 3 atom stereocenters. The van der Waals surface area contributed by atoms with E-state index < -0.39 is 0 Å². The number of aliphatic hydroxyl groups is 1. The van der Waals surface area contributed by atoms with Crippen LogP contribution in [0.25, 0.3) is 0 Å². The van der Waals surface area contributed by atoms with E-state index in [-0.39, 0.29) is 6.10 Å². The molecule has 0 aromatic rings. The molecule has 1 N–H and O–H groups in total. The molecule has 0 aromatic carbocycles. The van der Waals surface area contributed by atoms with Crippen molar-refractivity contribution in [1.82, 2.24) is 0 Å². The second kappa shape index (κ2) is 5.15. The highest BCUT2D eigenvalue weighted by Crippen LogP contribution is 2.54. The van der Waals surface area contributed by atoms with Crippen molar-refractivity contribution in [1.29, 1.82) is 0 Å². The van der Waals surface area contributed by atoms with Gasteiger partial charge in [0.2, 0.25) is 0 Å². The Kier molecular flexibility index (Phi) is 4.08. The minimum Gasteiger partial charge on any atom is -0.393 e. The fourth-order valence-electron chi connectivity index (χ4n) is 2.56. The largest absolute Gasteiger partial charge is 0.393 e. The first-order chi connectivity index (χ1) is 7.24. The van der Waals surface area contributed by atoms with E-state index in [1.165, 1.54) is 25.0 Å². The van der Waals surface area contributed by atoms with E-state index >= 15 is 0 Å². The van der Waals surface area contributed by atoms with E-state index in [1.54, 1.807) is 0 Å². The second-order valence-corrected chi connectivity index (χ2v) is 7.99. The Bertz CT molecular complexity index is 224. The molecule has 0 saturated carbocycles. The molecule has 1 nitrogen and oxygen atoms in total. The van der Waals surface area contributed by atoms with E-state index in [4.69, 9.17) is 0 Å². The van der Waals surface area contributed by atoms with E-state index in [0.29, 0.717) is 9.33 Å². The molecule has 2 rings (SSSR count). The van der Waals surface area contributed by atoms with Gasteiger partial charge in [-0.2, -0.15) is 0 Å². The van der Waals surface area contributed by atoms with Crippen molar-refractivity contribution in [3.05, 3.63) is 12.7 Å². The minimum absolute atomic E-state index is 0.0817. The standard InChI is InChI=1S/C12H20OS2/c1-2-5-11-8-10(13)9-12(15-11)6-3-4-7-14-12/h2,10-11,13H,1,3-9H2/t10-,11-,12-/m0/s1. The summed E-state index contributed by atoms with van der Waals surface area (Å²) >= 11 is 4.20. The predicted octanol–water partition coefficient (Wildman–Crippen LogP) is 3.43. The third-order valence-corrected chi connectivity index (χ3v) is 6.76. The summed E-state index contributed by atoms with van der Waals surface area (Å²) in [6, 6.07) is 0. The van der Waals surface area contributed by atoms with Crippen molar-refractivity contribution >= 4 is 23.5 Å². The minimum atomic E-state index is -0.0817. The zero-order chi connectivity index (χ0) is 10.7. The lowest BCUT2D eigenvalue weighted by molar-refractivity contribution is 0.142. The van der Waals surface area contributed by atoms with Gasteiger partial charge in [-0.25, -0.2) is 0 Å². The number of hydrogen-bond donors (Lipinski definition) is 1. The Morgan fingerprint density at radius 2 is 2.33 bits per heavy atom. The average Bonchev–Trinajstić information content (AvgIpc) is 2.17. The van der Waals surface area contributed by atoms with Crippen LogP contribution in [0.15, 0.2) is 12.7 Å². The molecule has 0 amide bonds. The number of allylic oxidation sites excluding steroid dienone is 1. The van der Waals surface area contributed by atoms with Gasteiger partial charge in [0.05, 0.1) is 10.2 Å². The second-order valence-electron chi connectivity index (χ2n) is 4.57. The van der Waals surface area contributed by atoms with Crippen LogP contribution >= 0.6 is 23.5 Å². The van der Waals surface area contributed by atoms with E-state index in [1.807, 2.05) is 6.08 Å². The molecule has 2 saturated heterocycles. The summed E-state index contributed by atoms with van der Waals surface area (Å²) in [6.07, 6.45) is 8.90. The monoisotopic (exact) mass is 244 g/mol. The fraction of sp³-hybridized carbons (Fsp3) is 0.833. The van der Waals surface area contributed by atoms with Gasteiger partial charge in [-0.05, 0) is 37.9 Å². The van der Waals surface area contributed by atoms with Crippen LogP contribution < -0.4 is 0 Å². The van der Waals surface area contributed by atoms with Crippen LogP contribution in [0.1, 0.15) is 38.5 Å². The maximum Gasteiger partial charge on any atom is 0.0638 e. The van der Waals surface area contributed by atoms with Crippen molar-refractivity contribution in [3.8, 4) is 0 Å². The predicted molar refractivity (Wildman–Crippen MR) is 70.5 cm³/mol. The Labute approximate surface area is 101 Å². The molecule has 15 heavy (non-hydrogen) atoms. The van der Waals surface area contributed by atoms with Crippen LogP contribution in [0, 0.1) is 0 Å². The van der Waals surface area contributed by atoms with Crippen molar-refractivity contribution in [2.45, 2.75) is 54.0 Å². The zero-order valence-electron chi connectivity index (χ0n) is 9.15. The van der Waals surface area contributed by atoms with Crippen LogP contribution in [0.4, 0.5) is 0 Å². The molecule has 2 heterocycles. The number of thioether (sulfide) groups is 2. The lowest BCUT2D eigenvalue weighted by Gasteiger charge is -2.44. The van der Waals surface area contributed by atoms with Crippen molar-refractivity contribution in [3.63, 3.8) is 0 Å². The highest BCUT2D eigenvalue weighted by molar-refractivity contribution is 8.18. The Hall–Kier alpha value is 0.400. The normalized spacial score (nSPS) is 41.7. The molecule has 86 valence electrons. The lowest BCUT2D eigenvalue weighted by atomic mass is 10.0. The SMILES string of the molecule is C=CC[C@H]1C[C@H](O)C[C@]2(CCCCS2)S1. The van der Waals surface area contributed by atoms with Gasteiger partial charge in [0.15, 0.2) is 0 Å². The maximum absolute atomic E-state index is 9.96. The summed E-state index contributed by atoms with van der Waals surface area (Å²) in [5.41, 5.74) is 0. The van der Waals surface area contributed by atoms with E-state index in [0.717, 1.165) is 19.3 Å². The first-order valence-electron chi connectivity index (χ1n) is 5.85. The van der Waals surface area contributed by atoms with Crippen LogP contribution in [0.5, 0.6) is 0 Å². The summed E-state index contributed by atoms with van der Waals surface area (Å²) in [6.45, 7) is 3.81. The van der Waals surface area contributed by atoms with Crippen molar-refractivity contribution in [2.75, 3.05) is 5.75 Å². The van der Waals surface area contributed by atoms with Gasteiger partial charge in [-0.3, -0.25) is 0 Å². The van der Waals surface area contributed by atoms with Crippen LogP contribution in [-0.2, 0) is 0 Å². The summed E-state index contributed by atoms with van der Waals surface area (Å²) in [5, 5.41) is 10.6. The van der Waals surface area contributed by atoms with E-state index in [2.05, 4.69) is 30.1 Å². The molecule has 0 bridgehead atoms. The number of rotatable bonds is 2. The topological polar surface area (TPSA) is 20.2 Å². The van der Waals surface area contributed by atoms with Crippen LogP contribution in [0.3, 0.4) is 0 Å². The Morgan fingerprint density at radius 1 is 1.47 bits per heavy atom. The van der Waals surface area contributed by atoms with Gasteiger partial charge in [0.1, 0.15) is 0 Å². The Morgan fingerprint density at radius 3 is 3.00 bits per heavy atom. The smallest absolute Gasteiger partial charge is 0.0638 e. The van der Waals surface area contributed by atoms with Gasteiger partial charge in [-0.15, -0.1) is 30.1 Å². The van der Waals surface area contributed by atoms with Crippen LogP contribution in [0.2, 0.25) is 0 Å². The molecule has 3 heteroatoms. The van der Waals surface area contributed by atoms with E-state index in [9.17, 15) is 5.11 Å². The van der Waals surface area contributed by atoms with Crippen molar-refractivity contribution in [2.24, 2.45) is 0 Å². The molecular formula is C12H20OS2. The summed E-state index contributed by atoms with van der Waals surface area (Å²) in [4.78, 5) is 0.